The van der Waals surface area contributed by atoms with Gasteiger partial charge in [-0.1, -0.05) is 23.7 Å². The zero-order valence-electron chi connectivity index (χ0n) is 13.7. The Bertz CT molecular complexity index is 967. The van der Waals surface area contributed by atoms with E-state index in [9.17, 15) is 4.79 Å². The summed E-state index contributed by atoms with van der Waals surface area (Å²) in [5.74, 6) is 0.969. The number of amides is 1. The molecule has 0 radical (unpaired) electrons. The van der Waals surface area contributed by atoms with Crippen molar-refractivity contribution in [3.8, 4) is 11.5 Å². The number of fused-ring (bicyclic) bond motifs is 2. The molecule has 132 valence electrons. The molecule has 4 rings (SSSR count). The SMILES string of the molecule is O=C(/C=C/c1nc2ccccc2s1)NCc1cc(Cl)c2c(c1)OCCO2. The molecule has 0 bridgehead atoms. The molecule has 0 aliphatic carbocycles. The van der Waals surface area contributed by atoms with Crippen LogP contribution in [0.3, 0.4) is 0 Å². The molecule has 0 saturated carbocycles. The number of thiazole rings is 1. The molecule has 26 heavy (non-hydrogen) atoms. The van der Waals surface area contributed by atoms with E-state index < -0.39 is 0 Å². The summed E-state index contributed by atoms with van der Waals surface area (Å²) in [6.07, 6.45) is 3.20. The maximum atomic E-state index is 12.1. The second kappa shape index (κ2) is 7.35. The zero-order valence-corrected chi connectivity index (χ0v) is 15.3. The largest absolute Gasteiger partial charge is 0.486 e. The number of para-hydroxylation sites is 1. The molecule has 1 N–H and O–H groups in total. The van der Waals surface area contributed by atoms with Crippen LogP contribution in [0.2, 0.25) is 5.02 Å². The van der Waals surface area contributed by atoms with Gasteiger partial charge in [-0.05, 0) is 35.9 Å². The predicted octanol–water partition coefficient (Wildman–Crippen LogP) is 4.05. The summed E-state index contributed by atoms with van der Waals surface area (Å²) in [5, 5.41) is 4.11. The highest BCUT2D eigenvalue weighted by atomic mass is 35.5. The van der Waals surface area contributed by atoms with Crippen LogP contribution in [0.4, 0.5) is 0 Å². The molecule has 0 atom stereocenters. The molecule has 3 aromatic rings. The van der Waals surface area contributed by atoms with Crippen LogP contribution >= 0.6 is 22.9 Å². The van der Waals surface area contributed by atoms with Crippen LogP contribution < -0.4 is 14.8 Å². The smallest absolute Gasteiger partial charge is 0.244 e. The van der Waals surface area contributed by atoms with Crippen LogP contribution in [-0.2, 0) is 11.3 Å². The lowest BCUT2D eigenvalue weighted by molar-refractivity contribution is -0.116. The lowest BCUT2D eigenvalue weighted by atomic mass is 10.2. The third kappa shape index (κ3) is 3.66. The molecule has 0 spiro atoms. The molecule has 2 heterocycles. The molecule has 2 aromatic carbocycles. The van der Waals surface area contributed by atoms with Crippen molar-refractivity contribution in [2.45, 2.75) is 6.54 Å². The minimum atomic E-state index is -0.199. The highest BCUT2D eigenvalue weighted by Crippen LogP contribution is 2.38. The number of aromatic nitrogens is 1. The second-order valence-electron chi connectivity index (χ2n) is 5.67. The number of nitrogens with one attached hydrogen (secondary N) is 1. The maximum absolute atomic E-state index is 12.1. The van der Waals surface area contributed by atoms with Gasteiger partial charge in [-0.25, -0.2) is 4.98 Å². The number of carbonyl (C=O) groups excluding carboxylic acids is 1. The van der Waals surface area contributed by atoms with Gasteiger partial charge in [0.2, 0.25) is 5.91 Å². The van der Waals surface area contributed by atoms with Gasteiger partial charge in [0, 0.05) is 12.6 Å². The third-order valence-electron chi connectivity index (χ3n) is 3.81. The Balaban J connectivity index is 1.40. The van der Waals surface area contributed by atoms with Gasteiger partial charge in [0.25, 0.3) is 0 Å². The summed E-state index contributed by atoms with van der Waals surface area (Å²) in [6, 6.07) is 11.5. The summed E-state index contributed by atoms with van der Waals surface area (Å²) in [5.41, 5.74) is 1.78. The van der Waals surface area contributed by atoms with Gasteiger partial charge in [0.05, 0.1) is 15.2 Å². The topological polar surface area (TPSA) is 60.5 Å². The fourth-order valence-electron chi connectivity index (χ4n) is 2.62. The van der Waals surface area contributed by atoms with Crippen molar-refractivity contribution >= 4 is 45.1 Å². The molecule has 1 amide bonds. The monoisotopic (exact) mass is 386 g/mol. The van der Waals surface area contributed by atoms with Gasteiger partial charge in [-0.2, -0.15) is 0 Å². The number of hydrogen-bond donors (Lipinski definition) is 1. The normalized spacial score (nSPS) is 13.3. The van der Waals surface area contributed by atoms with Crippen molar-refractivity contribution in [3.05, 3.63) is 58.1 Å². The van der Waals surface area contributed by atoms with Crippen molar-refractivity contribution in [2.24, 2.45) is 0 Å². The Hall–Kier alpha value is -2.57. The van der Waals surface area contributed by atoms with Gasteiger partial charge in [-0.3, -0.25) is 4.79 Å². The molecule has 1 aliphatic rings. The zero-order chi connectivity index (χ0) is 17.9. The molecule has 5 nitrogen and oxygen atoms in total. The highest BCUT2D eigenvalue weighted by Gasteiger charge is 2.16. The Morgan fingerprint density at radius 2 is 2.12 bits per heavy atom. The van der Waals surface area contributed by atoms with Crippen LogP contribution in [0.5, 0.6) is 11.5 Å². The van der Waals surface area contributed by atoms with E-state index in [-0.39, 0.29) is 5.91 Å². The lowest BCUT2D eigenvalue weighted by Gasteiger charge is -2.20. The molecular formula is C19H15ClN2O3S. The van der Waals surface area contributed by atoms with E-state index in [0.29, 0.717) is 36.3 Å². The Morgan fingerprint density at radius 1 is 1.27 bits per heavy atom. The summed E-state index contributed by atoms with van der Waals surface area (Å²) in [4.78, 5) is 16.5. The van der Waals surface area contributed by atoms with E-state index in [1.54, 1.807) is 23.5 Å². The van der Waals surface area contributed by atoms with E-state index >= 15 is 0 Å². The van der Waals surface area contributed by atoms with Crippen LogP contribution in [0.1, 0.15) is 10.6 Å². The average Bonchev–Trinajstić information content (AvgIpc) is 3.08. The Kier molecular flexibility index (Phi) is 4.77. The second-order valence-corrected chi connectivity index (χ2v) is 7.14. The van der Waals surface area contributed by atoms with E-state index in [1.165, 1.54) is 6.08 Å². The first-order chi connectivity index (χ1) is 12.7. The van der Waals surface area contributed by atoms with E-state index in [0.717, 1.165) is 20.8 Å². The van der Waals surface area contributed by atoms with Crippen molar-refractivity contribution in [1.29, 1.82) is 0 Å². The first kappa shape index (κ1) is 16.9. The van der Waals surface area contributed by atoms with Gasteiger partial charge in [0.1, 0.15) is 18.2 Å². The molecule has 0 fully saturated rings. The fourth-order valence-corrected chi connectivity index (χ4v) is 3.78. The minimum Gasteiger partial charge on any atom is -0.486 e. The number of rotatable bonds is 4. The van der Waals surface area contributed by atoms with Crippen molar-refractivity contribution in [3.63, 3.8) is 0 Å². The Labute approximate surface area is 159 Å². The Morgan fingerprint density at radius 3 is 3.00 bits per heavy atom. The van der Waals surface area contributed by atoms with Gasteiger partial charge in [0.15, 0.2) is 11.5 Å². The van der Waals surface area contributed by atoms with Gasteiger partial charge in [-0.15, -0.1) is 11.3 Å². The molecule has 7 heteroatoms. The molecule has 0 saturated heterocycles. The van der Waals surface area contributed by atoms with Crippen molar-refractivity contribution in [2.75, 3.05) is 13.2 Å². The summed E-state index contributed by atoms with van der Waals surface area (Å²) < 4.78 is 12.1. The fraction of sp³-hybridized carbons (Fsp3) is 0.158. The maximum Gasteiger partial charge on any atom is 0.244 e. The minimum absolute atomic E-state index is 0.199. The number of halogens is 1. The summed E-state index contributed by atoms with van der Waals surface area (Å²) in [6.45, 7) is 1.32. The quantitative estimate of drug-likeness (QED) is 0.687. The summed E-state index contributed by atoms with van der Waals surface area (Å²) in [7, 11) is 0. The molecule has 0 unspecified atom stereocenters. The predicted molar refractivity (Wildman–Crippen MR) is 103 cm³/mol. The number of ether oxygens (including phenoxy) is 2. The van der Waals surface area contributed by atoms with Crippen molar-refractivity contribution < 1.29 is 14.3 Å². The van der Waals surface area contributed by atoms with Crippen LogP contribution in [0.25, 0.3) is 16.3 Å². The van der Waals surface area contributed by atoms with Gasteiger partial charge < -0.3 is 14.8 Å². The van der Waals surface area contributed by atoms with Gasteiger partial charge >= 0.3 is 0 Å². The lowest BCUT2D eigenvalue weighted by Crippen LogP contribution is -2.21. The number of hydrogen-bond acceptors (Lipinski definition) is 5. The number of benzene rings is 2. The van der Waals surface area contributed by atoms with E-state index in [2.05, 4.69) is 10.3 Å². The first-order valence-corrected chi connectivity index (χ1v) is 9.28. The van der Waals surface area contributed by atoms with Crippen molar-refractivity contribution in [1.82, 2.24) is 10.3 Å². The molecular weight excluding hydrogens is 372 g/mol. The van der Waals surface area contributed by atoms with Crippen LogP contribution in [0, 0.1) is 0 Å². The van der Waals surface area contributed by atoms with Crippen LogP contribution in [-0.4, -0.2) is 24.1 Å². The third-order valence-corrected chi connectivity index (χ3v) is 5.09. The average molecular weight is 387 g/mol. The molecule has 1 aliphatic heterocycles. The highest BCUT2D eigenvalue weighted by molar-refractivity contribution is 7.19. The summed E-state index contributed by atoms with van der Waals surface area (Å²) >= 11 is 7.75. The number of nitrogens with zero attached hydrogens (tertiary/aromatic N) is 1. The van der Waals surface area contributed by atoms with Crippen LogP contribution in [0.15, 0.2) is 42.5 Å². The first-order valence-electron chi connectivity index (χ1n) is 8.08. The standard InChI is InChI=1S/C19H15ClN2O3S/c20-13-9-12(10-15-19(13)25-8-7-24-15)11-21-17(23)5-6-18-22-14-3-1-2-4-16(14)26-18/h1-6,9-10H,7-8,11H2,(H,21,23)/b6-5+. The molecule has 1 aromatic heterocycles. The number of carbonyl (C=O) groups is 1. The van der Waals surface area contributed by atoms with E-state index in [1.807, 2.05) is 30.3 Å². The van der Waals surface area contributed by atoms with E-state index in [4.69, 9.17) is 21.1 Å².